The SMILES string of the molecule is CCNC1CCCCC1C1CCCC(C)C1. The van der Waals surface area contributed by atoms with Crippen molar-refractivity contribution in [1.29, 1.82) is 0 Å². The summed E-state index contributed by atoms with van der Waals surface area (Å²) in [7, 11) is 0. The van der Waals surface area contributed by atoms with E-state index in [0.29, 0.717) is 0 Å². The molecule has 2 aliphatic rings. The fraction of sp³-hybridized carbons (Fsp3) is 1.00. The normalized spacial score (nSPS) is 40.9. The Morgan fingerprint density at radius 3 is 2.56 bits per heavy atom. The molecule has 0 heterocycles. The lowest BCUT2D eigenvalue weighted by Gasteiger charge is -2.40. The Hall–Kier alpha value is -0.0400. The molecule has 0 radical (unpaired) electrons. The number of hydrogen-bond acceptors (Lipinski definition) is 1. The van der Waals surface area contributed by atoms with Crippen LogP contribution in [0.3, 0.4) is 0 Å². The zero-order chi connectivity index (χ0) is 11.4. The van der Waals surface area contributed by atoms with Crippen molar-refractivity contribution in [2.45, 2.75) is 71.3 Å². The monoisotopic (exact) mass is 223 g/mol. The smallest absolute Gasteiger partial charge is 0.00978 e. The second-order valence-electron chi connectivity index (χ2n) is 6.14. The highest BCUT2D eigenvalue weighted by Gasteiger charge is 2.33. The average molecular weight is 223 g/mol. The molecule has 0 aliphatic heterocycles. The highest BCUT2D eigenvalue weighted by molar-refractivity contribution is 4.87. The van der Waals surface area contributed by atoms with Crippen LogP contribution in [0.25, 0.3) is 0 Å². The number of nitrogens with one attached hydrogen (secondary N) is 1. The molecule has 2 rings (SSSR count). The molecule has 1 heteroatoms. The van der Waals surface area contributed by atoms with Crippen molar-refractivity contribution in [1.82, 2.24) is 5.32 Å². The predicted molar refractivity (Wildman–Crippen MR) is 70.5 cm³/mol. The molecule has 94 valence electrons. The molecule has 2 aliphatic carbocycles. The quantitative estimate of drug-likeness (QED) is 0.763. The summed E-state index contributed by atoms with van der Waals surface area (Å²) in [4.78, 5) is 0. The first-order valence-electron chi connectivity index (χ1n) is 7.54. The molecule has 2 fully saturated rings. The molecule has 1 nitrogen and oxygen atoms in total. The van der Waals surface area contributed by atoms with Gasteiger partial charge in [0.1, 0.15) is 0 Å². The van der Waals surface area contributed by atoms with Gasteiger partial charge in [-0.15, -0.1) is 0 Å². The van der Waals surface area contributed by atoms with E-state index < -0.39 is 0 Å². The largest absolute Gasteiger partial charge is 0.314 e. The summed E-state index contributed by atoms with van der Waals surface area (Å²) in [6.45, 7) is 5.87. The maximum Gasteiger partial charge on any atom is 0.00978 e. The molecule has 0 bridgehead atoms. The van der Waals surface area contributed by atoms with Crippen LogP contribution in [0, 0.1) is 17.8 Å². The van der Waals surface area contributed by atoms with Crippen LogP contribution in [-0.2, 0) is 0 Å². The average Bonchev–Trinajstić information content (AvgIpc) is 2.30. The predicted octanol–water partition coefficient (Wildman–Crippen LogP) is 3.98. The van der Waals surface area contributed by atoms with E-state index in [1.54, 1.807) is 0 Å². The number of rotatable bonds is 3. The molecular weight excluding hydrogens is 194 g/mol. The van der Waals surface area contributed by atoms with Crippen LogP contribution in [0.1, 0.15) is 65.2 Å². The van der Waals surface area contributed by atoms with Gasteiger partial charge in [0.2, 0.25) is 0 Å². The maximum atomic E-state index is 3.75. The van der Waals surface area contributed by atoms with Crippen LogP contribution in [0.4, 0.5) is 0 Å². The van der Waals surface area contributed by atoms with Gasteiger partial charge in [-0.25, -0.2) is 0 Å². The minimum absolute atomic E-state index is 0.842. The zero-order valence-corrected chi connectivity index (χ0v) is 11.2. The van der Waals surface area contributed by atoms with Gasteiger partial charge in [-0.1, -0.05) is 46.0 Å². The molecule has 0 aromatic heterocycles. The maximum absolute atomic E-state index is 3.75. The van der Waals surface area contributed by atoms with E-state index >= 15 is 0 Å². The second-order valence-corrected chi connectivity index (χ2v) is 6.14. The molecule has 4 atom stereocenters. The summed E-state index contributed by atoms with van der Waals surface area (Å²) < 4.78 is 0. The van der Waals surface area contributed by atoms with Crippen molar-refractivity contribution in [2.75, 3.05) is 6.54 Å². The molecule has 2 saturated carbocycles. The third kappa shape index (κ3) is 3.00. The zero-order valence-electron chi connectivity index (χ0n) is 11.2. The van der Waals surface area contributed by atoms with E-state index in [4.69, 9.17) is 0 Å². The number of hydrogen-bond donors (Lipinski definition) is 1. The van der Waals surface area contributed by atoms with Gasteiger partial charge in [-0.05, 0) is 43.6 Å². The molecular formula is C15H29N. The van der Waals surface area contributed by atoms with Gasteiger partial charge in [0.25, 0.3) is 0 Å². The summed E-state index contributed by atoms with van der Waals surface area (Å²) in [6.07, 6.45) is 11.9. The van der Waals surface area contributed by atoms with Crippen molar-refractivity contribution in [3.63, 3.8) is 0 Å². The lowest BCUT2D eigenvalue weighted by atomic mass is 9.69. The first-order valence-corrected chi connectivity index (χ1v) is 7.54. The van der Waals surface area contributed by atoms with Gasteiger partial charge in [0.15, 0.2) is 0 Å². The molecule has 1 N–H and O–H groups in total. The Morgan fingerprint density at radius 1 is 1.00 bits per heavy atom. The summed E-state index contributed by atoms with van der Waals surface area (Å²) in [5, 5.41) is 3.75. The molecule has 16 heavy (non-hydrogen) atoms. The van der Waals surface area contributed by atoms with E-state index in [1.165, 1.54) is 51.4 Å². The molecule has 0 aromatic rings. The Morgan fingerprint density at radius 2 is 1.81 bits per heavy atom. The topological polar surface area (TPSA) is 12.0 Å². The van der Waals surface area contributed by atoms with Gasteiger partial charge in [-0.2, -0.15) is 0 Å². The lowest BCUT2D eigenvalue weighted by molar-refractivity contribution is 0.131. The minimum Gasteiger partial charge on any atom is -0.314 e. The highest BCUT2D eigenvalue weighted by atomic mass is 14.9. The van der Waals surface area contributed by atoms with Crippen molar-refractivity contribution >= 4 is 0 Å². The van der Waals surface area contributed by atoms with E-state index in [9.17, 15) is 0 Å². The van der Waals surface area contributed by atoms with Crippen molar-refractivity contribution in [3.8, 4) is 0 Å². The van der Waals surface area contributed by atoms with Gasteiger partial charge in [-0.3, -0.25) is 0 Å². The van der Waals surface area contributed by atoms with Gasteiger partial charge in [0, 0.05) is 6.04 Å². The summed E-state index contributed by atoms with van der Waals surface area (Å²) >= 11 is 0. The van der Waals surface area contributed by atoms with Crippen molar-refractivity contribution in [2.24, 2.45) is 17.8 Å². The van der Waals surface area contributed by atoms with Crippen LogP contribution in [0.2, 0.25) is 0 Å². The highest BCUT2D eigenvalue weighted by Crippen LogP contribution is 2.40. The molecule has 0 saturated heterocycles. The third-order valence-corrected chi connectivity index (χ3v) is 4.87. The van der Waals surface area contributed by atoms with Crippen LogP contribution in [0.15, 0.2) is 0 Å². The Kier molecular flexibility index (Phi) is 4.69. The summed E-state index contributed by atoms with van der Waals surface area (Å²) in [5.41, 5.74) is 0. The van der Waals surface area contributed by atoms with Crippen molar-refractivity contribution in [3.05, 3.63) is 0 Å². The summed E-state index contributed by atoms with van der Waals surface area (Å²) in [5.74, 6) is 3.02. The third-order valence-electron chi connectivity index (χ3n) is 4.87. The molecule has 0 spiro atoms. The fourth-order valence-corrected chi connectivity index (χ4v) is 4.11. The van der Waals surface area contributed by atoms with Crippen molar-refractivity contribution < 1.29 is 0 Å². The Bertz CT molecular complexity index is 200. The van der Waals surface area contributed by atoms with E-state index in [1.807, 2.05) is 0 Å². The van der Waals surface area contributed by atoms with Crippen LogP contribution in [0.5, 0.6) is 0 Å². The van der Waals surface area contributed by atoms with E-state index in [2.05, 4.69) is 19.2 Å². The van der Waals surface area contributed by atoms with Crippen LogP contribution < -0.4 is 5.32 Å². The summed E-state index contributed by atoms with van der Waals surface area (Å²) in [6, 6.07) is 0.842. The Balaban J connectivity index is 1.93. The standard InChI is InChI=1S/C15H29N/c1-3-16-15-10-5-4-9-14(15)13-8-6-7-12(2)11-13/h12-16H,3-11H2,1-2H3. The van der Waals surface area contributed by atoms with Gasteiger partial charge < -0.3 is 5.32 Å². The van der Waals surface area contributed by atoms with Crippen LogP contribution >= 0.6 is 0 Å². The fourth-order valence-electron chi connectivity index (χ4n) is 4.11. The van der Waals surface area contributed by atoms with E-state index in [-0.39, 0.29) is 0 Å². The van der Waals surface area contributed by atoms with Gasteiger partial charge >= 0.3 is 0 Å². The first kappa shape index (κ1) is 12.4. The Labute approximate surface area is 101 Å². The lowest BCUT2D eigenvalue weighted by Crippen LogP contribution is -2.42. The van der Waals surface area contributed by atoms with Gasteiger partial charge in [0.05, 0.1) is 0 Å². The molecule has 0 aromatic carbocycles. The second kappa shape index (κ2) is 6.05. The minimum atomic E-state index is 0.842. The first-order chi connectivity index (χ1) is 7.81. The van der Waals surface area contributed by atoms with E-state index in [0.717, 1.165) is 30.3 Å². The molecule has 4 unspecified atom stereocenters. The van der Waals surface area contributed by atoms with Crippen LogP contribution in [-0.4, -0.2) is 12.6 Å². The molecule has 0 amide bonds.